The van der Waals surface area contributed by atoms with Gasteiger partial charge in [0, 0.05) is 11.6 Å². The van der Waals surface area contributed by atoms with Crippen LogP contribution in [0.15, 0.2) is 28.6 Å². The second-order valence-corrected chi connectivity index (χ2v) is 9.76. The molecule has 0 radical (unpaired) electrons. The number of nitrogens with zero attached hydrogens (tertiary/aromatic N) is 2. The highest BCUT2D eigenvalue weighted by atomic mass is 35.5. The average molecular weight is 494 g/mol. The zero-order valence-corrected chi connectivity index (χ0v) is 18.5. The van der Waals surface area contributed by atoms with Gasteiger partial charge in [-0.1, -0.05) is 35.8 Å². The minimum absolute atomic E-state index is 0.0719. The zero-order chi connectivity index (χ0) is 22.6. The maximum atomic E-state index is 13.7. The SMILES string of the molecule is O=C(O)CSc1cnc(NC(=O)N(CC2CCCC2)c2ccc(Cl)cc2C(F)(F)F)s1. The first-order valence-electron chi connectivity index (χ1n) is 9.39. The Labute approximate surface area is 189 Å². The van der Waals surface area contributed by atoms with E-state index >= 15 is 0 Å². The maximum Gasteiger partial charge on any atom is 0.418 e. The van der Waals surface area contributed by atoms with E-state index in [4.69, 9.17) is 16.7 Å². The van der Waals surface area contributed by atoms with Crippen molar-refractivity contribution in [2.24, 2.45) is 5.92 Å². The number of halogens is 4. The third-order valence-electron chi connectivity index (χ3n) is 4.75. The highest BCUT2D eigenvalue weighted by molar-refractivity contribution is 8.01. The maximum absolute atomic E-state index is 13.7. The Morgan fingerprint density at radius 2 is 2.03 bits per heavy atom. The summed E-state index contributed by atoms with van der Waals surface area (Å²) in [5, 5.41) is 11.4. The van der Waals surface area contributed by atoms with Crippen LogP contribution in [0.25, 0.3) is 0 Å². The molecule has 12 heteroatoms. The van der Waals surface area contributed by atoms with Crippen LogP contribution in [0.3, 0.4) is 0 Å². The van der Waals surface area contributed by atoms with Gasteiger partial charge in [-0.15, -0.1) is 11.8 Å². The molecule has 1 aliphatic rings. The number of rotatable bonds is 7. The molecule has 1 heterocycles. The number of carbonyl (C=O) groups excluding carboxylic acids is 1. The number of nitrogens with one attached hydrogen (secondary N) is 1. The number of aliphatic carboxylic acids is 1. The summed E-state index contributed by atoms with van der Waals surface area (Å²) in [5.74, 6) is -1.06. The summed E-state index contributed by atoms with van der Waals surface area (Å²) < 4.78 is 41.6. The monoisotopic (exact) mass is 493 g/mol. The van der Waals surface area contributed by atoms with Crippen molar-refractivity contribution in [2.45, 2.75) is 36.1 Å². The molecule has 1 saturated carbocycles. The zero-order valence-electron chi connectivity index (χ0n) is 16.1. The van der Waals surface area contributed by atoms with E-state index in [1.54, 1.807) is 0 Å². The number of amides is 2. The Balaban J connectivity index is 1.86. The highest BCUT2D eigenvalue weighted by Gasteiger charge is 2.37. The van der Waals surface area contributed by atoms with E-state index in [1.165, 1.54) is 18.3 Å². The Hall–Kier alpha value is -1.98. The van der Waals surface area contributed by atoms with Crippen molar-refractivity contribution in [3.8, 4) is 0 Å². The molecule has 2 amide bonds. The normalized spacial score (nSPS) is 14.6. The van der Waals surface area contributed by atoms with Gasteiger partial charge in [0.1, 0.15) is 0 Å². The van der Waals surface area contributed by atoms with Gasteiger partial charge in [0.2, 0.25) is 0 Å². The van der Waals surface area contributed by atoms with Gasteiger partial charge in [0.25, 0.3) is 0 Å². The predicted molar refractivity (Wildman–Crippen MR) is 115 cm³/mol. The molecule has 0 spiro atoms. The topological polar surface area (TPSA) is 82.5 Å². The van der Waals surface area contributed by atoms with E-state index in [9.17, 15) is 22.8 Å². The summed E-state index contributed by atoms with van der Waals surface area (Å²) >= 11 is 7.89. The lowest BCUT2D eigenvalue weighted by Crippen LogP contribution is -2.39. The van der Waals surface area contributed by atoms with E-state index in [0.29, 0.717) is 4.21 Å². The molecule has 1 fully saturated rings. The fourth-order valence-corrected chi connectivity index (χ4v) is 5.14. The third kappa shape index (κ3) is 6.50. The van der Waals surface area contributed by atoms with Crippen molar-refractivity contribution >= 4 is 57.5 Å². The standard InChI is InChI=1S/C19H19ClF3N3O3S2/c20-12-5-6-14(13(7-12)19(21,22)23)26(9-11-3-1-2-4-11)18(29)25-17-24-8-16(31-17)30-10-15(27)28/h5-8,11H,1-4,9-10H2,(H,27,28)(H,24,25,29). The van der Waals surface area contributed by atoms with Gasteiger partial charge in [-0.25, -0.2) is 9.78 Å². The van der Waals surface area contributed by atoms with Gasteiger partial charge in [-0.05, 0) is 37.0 Å². The van der Waals surface area contributed by atoms with Gasteiger partial charge in [-0.2, -0.15) is 13.2 Å². The number of carboxylic acids is 1. The third-order valence-corrected chi connectivity index (χ3v) is 7.08. The van der Waals surface area contributed by atoms with Gasteiger partial charge in [0.05, 0.1) is 27.4 Å². The highest BCUT2D eigenvalue weighted by Crippen LogP contribution is 2.40. The summed E-state index contributed by atoms with van der Waals surface area (Å²) in [6, 6.07) is 2.61. The average Bonchev–Trinajstić information content (AvgIpc) is 3.36. The Morgan fingerprint density at radius 3 is 2.68 bits per heavy atom. The van der Waals surface area contributed by atoms with Crippen LogP contribution in [0.2, 0.25) is 5.02 Å². The molecule has 0 bridgehead atoms. The summed E-state index contributed by atoms with van der Waals surface area (Å²) in [6.45, 7) is 0.141. The predicted octanol–water partition coefficient (Wildman–Crippen LogP) is 6.22. The smallest absolute Gasteiger partial charge is 0.418 e. The summed E-state index contributed by atoms with van der Waals surface area (Å²) in [5.41, 5.74) is -1.25. The fraction of sp³-hybridized carbons (Fsp3) is 0.421. The Kier molecular flexibility index (Phi) is 7.71. The van der Waals surface area contributed by atoms with Crippen molar-refractivity contribution < 1.29 is 27.9 Å². The van der Waals surface area contributed by atoms with Crippen molar-refractivity contribution in [2.75, 3.05) is 22.5 Å². The fourth-order valence-electron chi connectivity index (χ4n) is 3.39. The van der Waals surface area contributed by atoms with Crippen molar-refractivity contribution in [3.63, 3.8) is 0 Å². The van der Waals surface area contributed by atoms with Gasteiger partial charge in [-0.3, -0.25) is 15.0 Å². The number of benzene rings is 1. The number of carbonyl (C=O) groups is 2. The van der Waals surface area contributed by atoms with Crippen LogP contribution in [-0.4, -0.2) is 34.4 Å². The van der Waals surface area contributed by atoms with Crippen LogP contribution in [-0.2, 0) is 11.0 Å². The van der Waals surface area contributed by atoms with E-state index in [-0.39, 0.29) is 34.1 Å². The van der Waals surface area contributed by atoms with Crippen molar-refractivity contribution in [1.29, 1.82) is 0 Å². The molecule has 0 unspecified atom stereocenters. The molecule has 2 aromatic rings. The van der Waals surface area contributed by atoms with Gasteiger partial charge < -0.3 is 5.11 Å². The van der Waals surface area contributed by atoms with Crippen LogP contribution in [0, 0.1) is 5.92 Å². The van der Waals surface area contributed by atoms with Gasteiger partial charge >= 0.3 is 18.2 Å². The molecule has 1 aromatic carbocycles. The van der Waals surface area contributed by atoms with Gasteiger partial charge in [0.15, 0.2) is 5.13 Å². The first kappa shape index (κ1) is 23.7. The molecule has 0 atom stereocenters. The molecule has 1 aliphatic carbocycles. The molecular formula is C19H19ClF3N3O3S2. The van der Waals surface area contributed by atoms with Crippen LogP contribution in [0.5, 0.6) is 0 Å². The number of hydrogen-bond donors (Lipinski definition) is 2. The van der Waals surface area contributed by atoms with Crippen LogP contribution in [0.4, 0.5) is 28.8 Å². The lowest BCUT2D eigenvalue weighted by atomic mass is 10.1. The molecule has 0 saturated heterocycles. The van der Waals surface area contributed by atoms with Crippen molar-refractivity contribution in [3.05, 3.63) is 35.0 Å². The molecule has 3 rings (SSSR count). The molecule has 2 N–H and O–H groups in total. The van der Waals surface area contributed by atoms with E-state index < -0.39 is 23.7 Å². The molecule has 31 heavy (non-hydrogen) atoms. The number of thioether (sulfide) groups is 1. The number of aromatic nitrogens is 1. The number of thiazole rings is 1. The molecule has 0 aliphatic heterocycles. The minimum Gasteiger partial charge on any atom is -0.481 e. The number of hydrogen-bond acceptors (Lipinski definition) is 5. The summed E-state index contributed by atoms with van der Waals surface area (Å²) in [7, 11) is 0. The molecule has 168 valence electrons. The second-order valence-electron chi connectivity index (χ2n) is 7.02. The Bertz CT molecular complexity index is 949. The van der Waals surface area contributed by atoms with Crippen molar-refractivity contribution in [1.82, 2.24) is 4.98 Å². The summed E-state index contributed by atoms with van der Waals surface area (Å²) in [4.78, 5) is 28.8. The lowest BCUT2D eigenvalue weighted by molar-refractivity contribution is -0.137. The van der Waals surface area contributed by atoms with E-state index in [0.717, 1.165) is 59.7 Å². The Morgan fingerprint density at radius 1 is 1.32 bits per heavy atom. The number of anilines is 2. The quantitative estimate of drug-likeness (QED) is 0.447. The van der Waals surface area contributed by atoms with Crippen LogP contribution in [0.1, 0.15) is 31.2 Å². The van der Waals surface area contributed by atoms with Crippen LogP contribution < -0.4 is 10.2 Å². The number of carboxylic acid groups (broad SMARTS) is 1. The molecular weight excluding hydrogens is 475 g/mol. The largest absolute Gasteiger partial charge is 0.481 e. The first-order valence-corrected chi connectivity index (χ1v) is 11.6. The molecule has 1 aromatic heterocycles. The lowest BCUT2D eigenvalue weighted by Gasteiger charge is -2.28. The van der Waals surface area contributed by atoms with E-state index in [1.807, 2.05) is 0 Å². The number of urea groups is 1. The first-order chi connectivity index (χ1) is 14.6. The minimum atomic E-state index is -4.68. The van der Waals surface area contributed by atoms with E-state index in [2.05, 4.69) is 10.3 Å². The molecule has 6 nitrogen and oxygen atoms in total. The number of alkyl halides is 3. The second kappa shape index (κ2) is 10.1. The van der Waals surface area contributed by atoms with Crippen LogP contribution >= 0.6 is 34.7 Å². The summed E-state index contributed by atoms with van der Waals surface area (Å²) in [6.07, 6.45) is 0.361.